The number of unbranched alkanes of at least 4 members (excludes halogenated alkanes) is 1. The summed E-state index contributed by atoms with van der Waals surface area (Å²) < 4.78 is 0. The summed E-state index contributed by atoms with van der Waals surface area (Å²) in [4.78, 5) is 5.11. The van der Waals surface area contributed by atoms with Crippen LogP contribution in [0.2, 0.25) is 0 Å². The van der Waals surface area contributed by atoms with E-state index in [0.29, 0.717) is 0 Å². The molecule has 0 aromatic carbocycles. The zero-order valence-corrected chi connectivity index (χ0v) is 10.8. The van der Waals surface area contributed by atoms with E-state index in [1.165, 1.54) is 58.4 Å². The van der Waals surface area contributed by atoms with Gasteiger partial charge in [0.1, 0.15) is 0 Å². The summed E-state index contributed by atoms with van der Waals surface area (Å²) in [6.07, 6.45) is 5.49. The molecular formula is C13H28N2. The minimum Gasteiger partial charge on any atom is -0.305 e. The summed E-state index contributed by atoms with van der Waals surface area (Å²) in [6.45, 7) is 11.1. The summed E-state index contributed by atoms with van der Waals surface area (Å²) in [5.41, 5.74) is 0. The zero-order chi connectivity index (χ0) is 11.1. The Morgan fingerprint density at radius 1 is 1.13 bits per heavy atom. The molecule has 2 heteroatoms. The Bertz CT molecular complexity index is 159. The molecule has 0 aliphatic carbocycles. The standard InChI is InChI=1S/C13H28N2/c1-4-5-7-13(2)12-15-9-6-8-14(3)10-11-15/h13H,4-12H2,1-3H3. The van der Waals surface area contributed by atoms with E-state index in [1.54, 1.807) is 0 Å². The van der Waals surface area contributed by atoms with Crippen molar-refractivity contribution in [1.29, 1.82) is 0 Å². The number of rotatable bonds is 5. The molecule has 1 rings (SSSR count). The van der Waals surface area contributed by atoms with Crippen LogP contribution in [0.3, 0.4) is 0 Å². The first-order valence-corrected chi connectivity index (χ1v) is 6.63. The molecule has 1 atom stereocenters. The van der Waals surface area contributed by atoms with E-state index in [0.717, 1.165) is 5.92 Å². The monoisotopic (exact) mass is 212 g/mol. The van der Waals surface area contributed by atoms with E-state index in [9.17, 15) is 0 Å². The third-order valence-corrected chi connectivity index (χ3v) is 3.43. The fourth-order valence-corrected chi connectivity index (χ4v) is 2.37. The van der Waals surface area contributed by atoms with Crippen LogP contribution < -0.4 is 0 Å². The molecule has 90 valence electrons. The maximum Gasteiger partial charge on any atom is 0.0109 e. The highest BCUT2D eigenvalue weighted by atomic mass is 15.2. The molecule has 0 saturated carbocycles. The van der Waals surface area contributed by atoms with Gasteiger partial charge >= 0.3 is 0 Å². The zero-order valence-electron chi connectivity index (χ0n) is 10.8. The van der Waals surface area contributed by atoms with Gasteiger partial charge in [-0.25, -0.2) is 0 Å². The van der Waals surface area contributed by atoms with Crippen molar-refractivity contribution in [2.24, 2.45) is 5.92 Å². The molecule has 0 N–H and O–H groups in total. The minimum absolute atomic E-state index is 0.883. The smallest absolute Gasteiger partial charge is 0.0109 e. The first kappa shape index (κ1) is 13.0. The van der Waals surface area contributed by atoms with E-state index in [1.807, 2.05) is 0 Å². The quantitative estimate of drug-likeness (QED) is 0.691. The van der Waals surface area contributed by atoms with Crippen molar-refractivity contribution in [2.75, 3.05) is 39.8 Å². The molecule has 1 aliphatic heterocycles. The van der Waals surface area contributed by atoms with Gasteiger partial charge in [-0.2, -0.15) is 0 Å². The highest BCUT2D eigenvalue weighted by molar-refractivity contribution is 4.69. The largest absolute Gasteiger partial charge is 0.305 e. The molecule has 1 unspecified atom stereocenters. The van der Waals surface area contributed by atoms with Crippen molar-refractivity contribution in [1.82, 2.24) is 9.80 Å². The van der Waals surface area contributed by atoms with Crippen molar-refractivity contribution in [3.8, 4) is 0 Å². The fraction of sp³-hybridized carbons (Fsp3) is 1.00. The highest BCUT2D eigenvalue weighted by Gasteiger charge is 2.13. The van der Waals surface area contributed by atoms with E-state index in [4.69, 9.17) is 0 Å². The maximum atomic E-state index is 2.66. The first-order chi connectivity index (χ1) is 7.22. The van der Waals surface area contributed by atoms with Crippen molar-refractivity contribution >= 4 is 0 Å². The molecule has 1 aliphatic rings. The number of likely N-dealkylation sites (N-methyl/N-ethyl adjacent to an activating group) is 1. The van der Waals surface area contributed by atoms with Gasteiger partial charge in [0, 0.05) is 19.6 Å². The second-order valence-corrected chi connectivity index (χ2v) is 5.20. The summed E-state index contributed by atoms with van der Waals surface area (Å²) in [5, 5.41) is 0. The van der Waals surface area contributed by atoms with Gasteiger partial charge in [-0.05, 0) is 38.9 Å². The van der Waals surface area contributed by atoms with Gasteiger partial charge in [-0.15, -0.1) is 0 Å². The number of hydrogen-bond donors (Lipinski definition) is 0. The van der Waals surface area contributed by atoms with Crippen LogP contribution in [0.25, 0.3) is 0 Å². The SMILES string of the molecule is CCCCC(C)CN1CCCN(C)CC1. The van der Waals surface area contributed by atoms with Gasteiger partial charge in [-0.1, -0.05) is 26.7 Å². The van der Waals surface area contributed by atoms with Gasteiger partial charge < -0.3 is 9.80 Å². The fourth-order valence-electron chi connectivity index (χ4n) is 2.37. The van der Waals surface area contributed by atoms with Crippen LogP contribution in [0, 0.1) is 5.92 Å². The van der Waals surface area contributed by atoms with E-state index in [-0.39, 0.29) is 0 Å². The van der Waals surface area contributed by atoms with Crippen LogP contribution >= 0.6 is 0 Å². The normalized spacial score (nSPS) is 22.6. The average Bonchev–Trinajstić information content (AvgIpc) is 2.41. The van der Waals surface area contributed by atoms with Crippen LogP contribution in [-0.4, -0.2) is 49.6 Å². The molecule has 2 nitrogen and oxygen atoms in total. The van der Waals surface area contributed by atoms with E-state index < -0.39 is 0 Å². The summed E-state index contributed by atoms with van der Waals surface area (Å²) in [5.74, 6) is 0.883. The predicted molar refractivity (Wildman–Crippen MR) is 67.2 cm³/mol. The first-order valence-electron chi connectivity index (χ1n) is 6.63. The summed E-state index contributed by atoms with van der Waals surface area (Å²) >= 11 is 0. The predicted octanol–water partition coefficient (Wildman–Crippen LogP) is 2.45. The third kappa shape index (κ3) is 5.53. The molecule has 1 fully saturated rings. The maximum absolute atomic E-state index is 2.66. The third-order valence-electron chi connectivity index (χ3n) is 3.43. The van der Waals surface area contributed by atoms with Crippen molar-refractivity contribution in [3.63, 3.8) is 0 Å². The molecule has 0 amide bonds. The Balaban J connectivity index is 2.18. The topological polar surface area (TPSA) is 6.48 Å². The number of hydrogen-bond acceptors (Lipinski definition) is 2. The average molecular weight is 212 g/mol. The van der Waals surface area contributed by atoms with Crippen LogP contribution in [-0.2, 0) is 0 Å². The highest BCUT2D eigenvalue weighted by Crippen LogP contribution is 2.11. The Morgan fingerprint density at radius 3 is 2.67 bits per heavy atom. The molecule has 0 bridgehead atoms. The molecule has 1 saturated heterocycles. The van der Waals surface area contributed by atoms with E-state index in [2.05, 4.69) is 30.7 Å². The minimum atomic E-state index is 0.883. The second kappa shape index (κ2) is 7.24. The van der Waals surface area contributed by atoms with E-state index >= 15 is 0 Å². The summed E-state index contributed by atoms with van der Waals surface area (Å²) in [7, 11) is 2.24. The van der Waals surface area contributed by atoms with Gasteiger partial charge in [-0.3, -0.25) is 0 Å². The van der Waals surface area contributed by atoms with Crippen LogP contribution in [0.1, 0.15) is 39.5 Å². The van der Waals surface area contributed by atoms with Crippen molar-refractivity contribution in [2.45, 2.75) is 39.5 Å². The van der Waals surface area contributed by atoms with Gasteiger partial charge in [0.05, 0.1) is 0 Å². The lowest BCUT2D eigenvalue weighted by molar-refractivity contribution is 0.235. The Kier molecular flexibility index (Phi) is 6.26. The van der Waals surface area contributed by atoms with Crippen LogP contribution in [0.4, 0.5) is 0 Å². The van der Waals surface area contributed by atoms with Gasteiger partial charge in [0.2, 0.25) is 0 Å². The lowest BCUT2D eigenvalue weighted by Crippen LogP contribution is -2.32. The van der Waals surface area contributed by atoms with Gasteiger partial charge in [0.15, 0.2) is 0 Å². The Morgan fingerprint density at radius 2 is 1.93 bits per heavy atom. The lowest BCUT2D eigenvalue weighted by atomic mass is 10.0. The number of nitrogens with zero attached hydrogens (tertiary/aromatic N) is 2. The van der Waals surface area contributed by atoms with Crippen molar-refractivity contribution in [3.05, 3.63) is 0 Å². The molecule has 0 aromatic rings. The Labute approximate surface area is 95.6 Å². The molecule has 0 spiro atoms. The molecule has 0 radical (unpaired) electrons. The summed E-state index contributed by atoms with van der Waals surface area (Å²) in [6, 6.07) is 0. The molecule has 1 heterocycles. The van der Waals surface area contributed by atoms with Crippen molar-refractivity contribution < 1.29 is 0 Å². The van der Waals surface area contributed by atoms with Crippen LogP contribution in [0.15, 0.2) is 0 Å². The molecular weight excluding hydrogens is 184 g/mol. The lowest BCUT2D eigenvalue weighted by Gasteiger charge is -2.23. The second-order valence-electron chi connectivity index (χ2n) is 5.20. The molecule has 15 heavy (non-hydrogen) atoms. The van der Waals surface area contributed by atoms with Gasteiger partial charge in [0.25, 0.3) is 0 Å². The Hall–Kier alpha value is -0.0800. The van der Waals surface area contributed by atoms with Crippen LogP contribution in [0.5, 0.6) is 0 Å². The molecule has 0 aromatic heterocycles.